The first-order chi connectivity index (χ1) is 13.0. The number of aryl methyl sites for hydroxylation is 2. The second-order valence-corrected chi connectivity index (χ2v) is 6.71. The van der Waals surface area contributed by atoms with E-state index in [0.717, 1.165) is 22.2 Å². The van der Waals surface area contributed by atoms with Gasteiger partial charge in [0.25, 0.3) is 5.91 Å². The molecule has 0 saturated heterocycles. The number of amides is 2. The Labute approximate surface area is 157 Å². The number of anilines is 2. The van der Waals surface area contributed by atoms with Crippen LogP contribution in [0.5, 0.6) is 0 Å². The van der Waals surface area contributed by atoms with Gasteiger partial charge in [0, 0.05) is 37.0 Å². The van der Waals surface area contributed by atoms with Gasteiger partial charge in [-0.05, 0) is 42.8 Å². The molecule has 0 saturated carbocycles. The fourth-order valence-electron chi connectivity index (χ4n) is 3.28. The highest BCUT2D eigenvalue weighted by atomic mass is 16.2. The van der Waals surface area contributed by atoms with Crippen LogP contribution in [0.1, 0.15) is 18.4 Å². The van der Waals surface area contributed by atoms with Crippen molar-refractivity contribution in [2.45, 2.75) is 19.8 Å². The van der Waals surface area contributed by atoms with E-state index in [1.54, 1.807) is 0 Å². The fraction of sp³-hybridized carbons (Fsp3) is 0.190. The van der Waals surface area contributed by atoms with Crippen LogP contribution in [0.3, 0.4) is 0 Å². The van der Waals surface area contributed by atoms with E-state index in [2.05, 4.69) is 10.4 Å². The van der Waals surface area contributed by atoms with Crippen LogP contribution in [0.25, 0.3) is 10.9 Å². The van der Waals surface area contributed by atoms with Crippen LogP contribution in [-0.2, 0) is 16.6 Å². The first-order valence-corrected chi connectivity index (χ1v) is 8.85. The summed E-state index contributed by atoms with van der Waals surface area (Å²) in [6, 6.07) is 15.3. The highest BCUT2D eigenvalue weighted by Gasteiger charge is 2.26. The highest BCUT2D eigenvalue weighted by molar-refractivity contribution is 6.44. The second-order valence-electron chi connectivity index (χ2n) is 6.71. The maximum atomic E-state index is 12.8. The lowest BCUT2D eigenvalue weighted by Crippen LogP contribution is -2.36. The Morgan fingerprint density at radius 1 is 1.11 bits per heavy atom. The molecule has 136 valence electrons. The number of carbonyl (C=O) groups is 2. The van der Waals surface area contributed by atoms with E-state index < -0.39 is 0 Å². The lowest BCUT2D eigenvalue weighted by Gasteiger charge is -2.23. The second kappa shape index (κ2) is 6.72. The van der Waals surface area contributed by atoms with Crippen LogP contribution in [0.2, 0.25) is 0 Å². The lowest BCUT2D eigenvalue weighted by molar-refractivity contribution is -0.118. The van der Waals surface area contributed by atoms with Gasteiger partial charge in [-0.15, -0.1) is 0 Å². The molecule has 0 fully saturated rings. The summed E-state index contributed by atoms with van der Waals surface area (Å²) in [4.78, 5) is 25.1. The molecule has 0 aliphatic carbocycles. The summed E-state index contributed by atoms with van der Waals surface area (Å²) in [5.74, 6) is -0.390. The molecule has 27 heavy (non-hydrogen) atoms. The van der Waals surface area contributed by atoms with Gasteiger partial charge in [-0.1, -0.05) is 18.2 Å². The van der Waals surface area contributed by atoms with Gasteiger partial charge in [-0.2, -0.15) is 5.10 Å². The summed E-state index contributed by atoms with van der Waals surface area (Å²) >= 11 is 0. The largest absolute Gasteiger partial charge is 0.350 e. The Balaban J connectivity index is 1.62. The number of benzene rings is 2. The molecular formula is C21H20N4O2. The number of fused-ring (bicyclic) bond motifs is 1. The molecule has 4 rings (SSSR count). The van der Waals surface area contributed by atoms with E-state index in [0.29, 0.717) is 17.8 Å². The summed E-state index contributed by atoms with van der Waals surface area (Å²) in [6.45, 7) is 1.95. The summed E-state index contributed by atoms with van der Waals surface area (Å²) in [5, 5.41) is 9.58. The first-order valence-electron chi connectivity index (χ1n) is 8.85. The zero-order chi connectivity index (χ0) is 19.0. The standard InChI is InChI=1S/C21H20N4O2/c1-14-5-3-6-15(13-14)25-20(26)10-9-18(23-25)21(27)22-17-7-4-8-19-16(17)11-12-24(19)2/h3-8,11-13H,9-10H2,1-2H3,(H,22,27). The molecular weight excluding hydrogens is 340 g/mol. The van der Waals surface area contributed by atoms with Gasteiger partial charge in [0.1, 0.15) is 5.71 Å². The lowest BCUT2D eigenvalue weighted by atomic mass is 10.1. The molecule has 0 atom stereocenters. The molecule has 3 aromatic rings. The number of hydrazone groups is 1. The van der Waals surface area contributed by atoms with Crippen molar-refractivity contribution in [3.63, 3.8) is 0 Å². The predicted molar refractivity (Wildman–Crippen MR) is 107 cm³/mol. The number of aromatic nitrogens is 1. The number of hydrogen-bond donors (Lipinski definition) is 1. The van der Waals surface area contributed by atoms with Gasteiger partial charge in [0.15, 0.2) is 0 Å². The zero-order valence-corrected chi connectivity index (χ0v) is 15.3. The van der Waals surface area contributed by atoms with E-state index >= 15 is 0 Å². The predicted octanol–water partition coefficient (Wildman–Crippen LogP) is 3.61. The van der Waals surface area contributed by atoms with Gasteiger partial charge in [-0.25, -0.2) is 5.01 Å². The summed E-state index contributed by atoms with van der Waals surface area (Å²) < 4.78 is 2.00. The third-order valence-corrected chi connectivity index (χ3v) is 4.72. The quantitative estimate of drug-likeness (QED) is 0.775. The van der Waals surface area contributed by atoms with Crippen molar-refractivity contribution in [1.82, 2.24) is 4.57 Å². The molecule has 6 heteroatoms. The minimum Gasteiger partial charge on any atom is -0.350 e. The van der Waals surface area contributed by atoms with Gasteiger partial charge in [-0.3, -0.25) is 9.59 Å². The van der Waals surface area contributed by atoms with Crippen molar-refractivity contribution >= 4 is 39.8 Å². The van der Waals surface area contributed by atoms with E-state index in [4.69, 9.17) is 0 Å². The van der Waals surface area contributed by atoms with Crippen molar-refractivity contribution in [3.05, 3.63) is 60.3 Å². The Morgan fingerprint density at radius 3 is 2.74 bits per heavy atom. The molecule has 6 nitrogen and oxygen atoms in total. The van der Waals surface area contributed by atoms with Gasteiger partial charge in [0.05, 0.1) is 11.4 Å². The van der Waals surface area contributed by atoms with Crippen LogP contribution >= 0.6 is 0 Å². The van der Waals surface area contributed by atoms with Crippen LogP contribution in [0.4, 0.5) is 11.4 Å². The molecule has 0 unspecified atom stereocenters. The minimum atomic E-state index is -0.281. The average molecular weight is 360 g/mol. The SMILES string of the molecule is Cc1cccc(N2N=C(C(=O)Nc3cccc4c3ccn4C)CCC2=O)c1. The molecule has 1 aromatic heterocycles. The molecule has 0 bridgehead atoms. The normalized spacial score (nSPS) is 14.4. The number of rotatable bonds is 3. The molecule has 2 aromatic carbocycles. The van der Waals surface area contributed by atoms with Crippen molar-refractivity contribution in [3.8, 4) is 0 Å². The Hall–Kier alpha value is -3.41. The maximum Gasteiger partial charge on any atom is 0.271 e. The molecule has 1 aliphatic heterocycles. The molecule has 2 amide bonds. The molecule has 1 N–H and O–H groups in total. The van der Waals surface area contributed by atoms with Gasteiger partial charge < -0.3 is 9.88 Å². The smallest absolute Gasteiger partial charge is 0.271 e. The van der Waals surface area contributed by atoms with E-state index in [-0.39, 0.29) is 18.2 Å². The Morgan fingerprint density at radius 2 is 1.93 bits per heavy atom. The molecule has 0 spiro atoms. The van der Waals surface area contributed by atoms with Crippen molar-refractivity contribution in [2.24, 2.45) is 12.1 Å². The van der Waals surface area contributed by atoms with Gasteiger partial charge in [0.2, 0.25) is 5.91 Å². The average Bonchev–Trinajstić information content (AvgIpc) is 3.04. The minimum absolute atomic E-state index is 0.109. The number of nitrogens with one attached hydrogen (secondary N) is 1. The van der Waals surface area contributed by atoms with Crippen LogP contribution in [0, 0.1) is 6.92 Å². The fourth-order valence-corrected chi connectivity index (χ4v) is 3.28. The number of carbonyl (C=O) groups excluding carboxylic acids is 2. The molecule has 0 radical (unpaired) electrons. The van der Waals surface area contributed by atoms with Gasteiger partial charge >= 0.3 is 0 Å². The highest BCUT2D eigenvalue weighted by Crippen LogP contribution is 2.25. The molecule has 2 heterocycles. The van der Waals surface area contributed by atoms with Crippen molar-refractivity contribution < 1.29 is 9.59 Å². The van der Waals surface area contributed by atoms with Crippen molar-refractivity contribution in [1.29, 1.82) is 0 Å². The monoisotopic (exact) mass is 360 g/mol. The summed E-state index contributed by atoms with van der Waals surface area (Å²) in [7, 11) is 1.96. The summed E-state index contributed by atoms with van der Waals surface area (Å²) in [6.07, 6.45) is 2.55. The number of nitrogens with zero attached hydrogens (tertiary/aromatic N) is 3. The Kier molecular flexibility index (Phi) is 4.24. The third kappa shape index (κ3) is 3.21. The number of hydrogen-bond acceptors (Lipinski definition) is 3. The first kappa shape index (κ1) is 17.0. The topological polar surface area (TPSA) is 66.7 Å². The van der Waals surface area contributed by atoms with Crippen LogP contribution in [-0.4, -0.2) is 22.1 Å². The van der Waals surface area contributed by atoms with Crippen LogP contribution in [0.15, 0.2) is 59.8 Å². The van der Waals surface area contributed by atoms with E-state index in [1.807, 2.05) is 73.3 Å². The van der Waals surface area contributed by atoms with Crippen LogP contribution < -0.4 is 10.3 Å². The zero-order valence-electron chi connectivity index (χ0n) is 15.3. The molecule has 1 aliphatic rings. The van der Waals surface area contributed by atoms with Crippen molar-refractivity contribution in [2.75, 3.05) is 10.3 Å². The van der Waals surface area contributed by atoms with E-state index in [9.17, 15) is 9.59 Å². The Bertz CT molecular complexity index is 1080. The maximum absolute atomic E-state index is 12.8. The summed E-state index contributed by atoms with van der Waals surface area (Å²) in [5.41, 5.74) is 3.83. The van der Waals surface area contributed by atoms with E-state index in [1.165, 1.54) is 5.01 Å². The third-order valence-electron chi connectivity index (χ3n) is 4.72.